The SMILES string of the molecule is CC(=O)[O-].CC(=O)[O-].CCc1cc(C)c(O)c(C=Nc2ccc(N=Cc3cc(CC)cc(C)c3O)cc2)c1.[Co+2]. The van der Waals surface area contributed by atoms with Crippen molar-refractivity contribution in [3.05, 3.63) is 81.9 Å². The molecule has 0 fully saturated rings. The Bertz CT molecular complexity index is 1190. The first-order valence-electron chi connectivity index (χ1n) is 12.1. The average Bonchev–Trinajstić information content (AvgIpc) is 2.85. The Labute approximate surface area is 240 Å². The van der Waals surface area contributed by atoms with Crippen LogP contribution in [0.25, 0.3) is 0 Å². The van der Waals surface area contributed by atoms with Crippen molar-refractivity contribution < 1.29 is 46.8 Å². The van der Waals surface area contributed by atoms with Crippen LogP contribution in [0.4, 0.5) is 11.4 Å². The Morgan fingerprint density at radius 3 is 1.26 bits per heavy atom. The van der Waals surface area contributed by atoms with Gasteiger partial charge in [0.1, 0.15) is 11.5 Å². The summed E-state index contributed by atoms with van der Waals surface area (Å²) in [7, 11) is 0. The molecule has 1 radical (unpaired) electrons. The second-order valence-electron chi connectivity index (χ2n) is 8.42. The van der Waals surface area contributed by atoms with Gasteiger partial charge in [-0.3, -0.25) is 9.98 Å². The summed E-state index contributed by atoms with van der Waals surface area (Å²) in [4.78, 5) is 26.7. The summed E-state index contributed by atoms with van der Waals surface area (Å²) in [6.45, 7) is 9.92. The number of rotatable bonds is 6. The molecular weight excluding hydrogens is 543 g/mol. The van der Waals surface area contributed by atoms with E-state index in [1.165, 1.54) is 11.1 Å². The van der Waals surface area contributed by atoms with Crippen molar-refractivity contribution in [2.45, 2.75) is 54.4 Å². The van der Waals surface area contributed by atoms with Crippen LogP contribution in [0.1, 0.15) is 61.1 Å². The van der Waals surface area contributed by atoms with Gasteiger partial charge >= 0.3 is 16.8 Å². The van der Waals surface area contributed by atoms with Crippen molar-refractivity contribution in [1.29, 1.82) is 0 Å². The third-order valence-electron chi connectivity index (χ3n) is 5.15. The quantitative estimate of drug-likeness (QED) is 0.426. The number of carboxylic acids is 2. The molecule has 0 aromatic heterocycles. The molecule has 0 bridgehead atoms. The van der Waals surface area contributed by atoms with E-state index >= 15 is 0 Å². The van der Waals surface area contributed by atoms with Gasteiger partial charge in [-0.1, -0.05) is 26.0 Å². The summed E-state index contributed by atoms with van der Waals surface area (Å²) in [5.74, 6) is -1.64. The van der Waals surface area contributed by atoms with Crippen molar-refractivity contribution >= 4 is 35.7 Å². The van der Waals surface area contributed by atoms with Crippen LogP contribution in [-0.2, 0) is 39.2 Å². The van der Waals surface area contributed by atoms with Gasteiger partial charge in [0.05, 0.1) is 11.4 Å². The van der Waals surface area contributed by atoms with E-state index < -0.39 is 11.9 Å². The van der Waals surface area contributed by atoms with Crippen molar-refractivity contribution in [3.63, 3.8) is 0 Å². The summed E-state index contributed by atoms with van der Waals surface area (Å²) < 4.78 is 0. The standard InChI is InChI=1S/C26H28N2O2.2C2H4O2.Co/c1-5-19-11-17(3)25(29)21(13-19)15-27-23-7-9-24(10-8-23)28-16-22-14-20(6-2)12-18(4)26(22)30;2*1-2(3)4;/h7-16,29-30H,5-6H2,1-4H3;2*1H3,(H,3,4);/q;;;+2/p-2. The molecule has 0 amide bonds. The maximum Gasteiger partial charge on any atom is 2.00 e. The predicted molar refractivity (Wildman–Crippen MR) is 147 cm³/mol. The van der Waals surface area contributed by atoms with Gasteiger partial charge in [0.25, 0.3) is 0 Å². The monoisotopic (exact) mass is 577 g/mol. The summed E-state index contributed by atoms with van der Waals surface area (Å²) >= 11 is 0. The summed E-state index contributed by atoms with van der Waals surface area (Å²) in [6, 6.07) is 15.4. The Balaban J connectivity index is 0.00000142. The van der Waals surface area contributed by atoms with E-state index in [1.54, 1.807) is 12.4 Å². The van der Waals surface area contributed by atoms with Gasteiger partial charge < -0.3 is 30.0 Å². The zero-order chi connectivity index (χ0) is 28.8. The molecular formula is C30H34CoN2O6. The number of hydrogen-bond acceptors (Lipinski definition) is 8. The molecule has 8 nitrogen and oxygen atoms in total. The van der Waals surface area contributed by atoms with E-state index in [9.17, 15) is 10.2 Å². The molecule has 9 heteroatoms. The summed E-state index contributed by atoms with van der Waals surface area (Å²) in [5, 5.41) is 38.3. The fraction of sp³-hybridized carbons (Fsp3) is 0.267. The van der Waals surface area contributed by atoms with Crippen LogP contribution in [0.3, 0.4) is 0 Å². The number of aliphatic carboxylic acids is 2. The number of phenolic OH excluding ortho intramolecular Hbond substituents is 2. The second kappa shape index (κ2) is 17.5. The van der Waals surface area contributed by atoms with Gasteiger partial charge in [-0.05, 0) is 99.2 Å². The molecule has 0 aliphatic rings. The molecule has 209 valence electrons. The van der Waals surface area contributed by atoms with Crippen LogP contribution >= 0.6 is 0 Å². The molecule has 0 spiro atoms. The topological polar surface area (TPSA) is 145 Å². The average molecular weight is 578 g/mol. The smallest absolute Gasteiger partial charge is 0.550 e. The molecule has 0 unspecified atom stereocenters. The minimum absolute atomic E-state index is 0. The van der Waals surface area contributed by atoms with Gasteiger partial charge in [-0.25, -0.2) is 0 Å². The van der Waals surface area contributed by atoms with Gasteiger partial charge in [0.2, 0.25) is 0 Å². The van der Waals surface area contributed by atoms with Gasteiger partial charge in [-0.2, -0.15) is 0 Å². The molecule has 39 heavy (non-hydrogen) atoms. The maximum atomic E-state index is 10.3. The fourth-order valence-corrected chi connectivity index (χ4v) is 3.29. The first-order chi connectivity index (χ1) is 17.9. The minimum atomic E-state index is -1.08. The minimum Gasteiger partial charge on any atom is -0.550 e. The summed E-state index contributed by atoms with van der Waals surface area (Å²) in [5.41, 5.74) is 7.03. The Morgan fingerprint density at radius 1 is 0.718 bits per heavy atom. The van der Waals surface area contributed by atoms with Crippen LogP contribution in [-0.4, -0.2) is 34.6 Å². The number of carboxylic acid groups (broad SMARTS) is 2. The van der Waals surface area contributed by atoms with Crippen LogP contribution in [0, 0.1) is 13.8 Å². The van der Waals surface area contributed by atoms with E-state index in [0.29, 0.717) is 0 Å². The number of aliphatic imine (C=N–C) groups is 2. The molecule has 3 rings (SSSR count). The first kappa shape index (κ1) is 35.0. The number of carbonyl (C=O) groups excluding carboxylic acids is 2. The molecule has 2 N–H and O–H groups in total. The van der Waals surface area contributed by atoms with Crippen LogP contribution in [0.15, 0.2) is 58.5 Å². The largest absolute Gasteiger partial charge is 2.00 e. The van der Waals surface area contributed by atoms with Gasteiger partial charge in [0.15, 0.2) is 0 Å². The van der Waals surface area contributed by atoms with E-state index in [2.05, 4.69) is 23.8 Å². The Hall–Kier alpha value is -3.95. The van der Waals surface area contributed by atoms with Crippen molar-refractivity contribution in [1.82, 2.24) is 0 Å². The van der Waals surface area contributed by atoms with E-state index in [1.807, 2.05) is 62.4 Å². The number of aromatic hydroxyl groups is 2. The van der Waals surface area contributed by atoms with E-state index in [-0.39, 0.29) is 28.3 Å². The number of phenols is 2. The van der Waals surface area contributed by atoms with E-state index in [4.69, 9.17) is 19.8 Å². The third-order valence-corrected chi connectivity index (χ3v) is 5.15. The summed E-state index contributed by atoms with van der Waals surface area (Å²) in [6.07, 6.45) is 5.20. The van der Waals surface area contributed by atoms with Gasteiger partial charge in [0, 0.05) is 35.5 Å². The first-order valence-corrected chi connectivity index (χ1v) is 12.1. The number of carbonyl (C=O) groups is 2. The van der Waals surface area contributed by atoms with Crippen LogP contribution < -0.4 is 10.2 Å². The fourth-order valence-electron chi connectivity index (χ4n) is 3.29. The van der Waals surface area contributed by atoms with E-state index in [0.717, 1.165) is 60.3 Å². The zero-order valence-electron chi connectivity index (χ0n) is 22.9. The number of aryl methyl sites for hydroxylation is 4. The number of nitrogens with zero attached hydrogens (tertiary/aromatic N) is 2. The molecule has 0 aliphatic heterocycles. The molecule has 3 aromatic carbocycles. The second-order valence-corrected chi connectivity index (χ2v) is 8.42. The normalized spacial score (nSPS) is 10.2. The Morgan fingerprint density at radius 2 is 1.00 bits per heavy atom. The zero-order valence-corrected chi connectivity index (χ0v) is 24.0. The predicted octanol–water partition coefficient (Wildman–Crippen LogP) is 3.85. The third kappa shape index (κ3) is 12.9. The molecule has 3 aromatic rings. The molecule has 0 saturated carbocycles. The Kier molecular flexibility index (Phi) is 15.8. The van der Waals surface area contributed by atoms with Crippen molar-refractivity contribution in [2.24, 2.45) is 9.98 Å². The molecule has 0 saturated heterocycles. The van der Waals surface area contributed by atoms with Crippen LogP contribution in [0.5, 0.6) is 11.5 Å². The number of benzene rings is 3. The molecule has 0 heterocycles. The molecule has 0 atom stereocenters. The van der Waals surface area contributed by atoms with Gasteiger partial charge in [-0.15, -0.1) is 0 Å². The maximum absolute atomic E-state index is 10.3. The number of hydrogen-bond donors (Lipinski definition) is 2. The van der Waals surface area contributed by atoms with Crippen LogP contribution in [0.2, 0.25) is 0 Å². The van der Waals surface area contributed by atoms with Crippen molar-refractivity contribution in [2.75, 3.05) is 0 Å². The van der Waals surface area contributed by atoms with Crippen molar-refractivity contribution in [3.8, 4) is 11.5 Å². The molecule has 0 aliphatic carbocycles.